The van der Waals surface area contributed by atoms with Crippen LogP contribution in [0.3, 0.4) is 0 Å². The number of thiazole rings is 1. The van der Waals surface area contributed by atoms with E-state index in [0.29, 0.717) is 5.92 Å². The molecule has 116 valence electrons. The van der Waals surface area contributed by atoms with Crippen LogP contribution < -0.4 is 0 Å². The van der Waals surface area contributed by atoms with Gasteiger partial charge in [-0.25, -0.2) is 9.78 Å². The molecule has 0 aliphatic rings. The van der Waals surface area contributed by atoms with Gasteiger partial charge in [-0.05, 0) is 23.6 Å². The molecule has 0 amide bonds. The third-order valence-corrected chi connectivity index (χ3v) is 4.63. The van der Waals surface area contributed by atoms with E-state index in [1.54, 1.807) is 29.5 Å². The quantitative estimate of drug-likeness (QED) is 0.709. The van der Waals surface area contributed by atoms with Gasteiger partial charge in [-0.3, -0.25) is 0 Å². The topological polar surface area (TPSA) is 50.2 Å². The molecule has 0 aliphatic heterocycles. The van der Waals surface area contributed by atoms with E-state index in [4.69, 9.17) is 5.11 Å². The molecule has 0 atom stereocenters. The van der Waals surface area contributed by atoms with Crippen LogP contribution in [0.2, 0.25) is 0 Å². The molecule has 4 heteroatoms. The molecule has 0 saturated carbocycles. The van der Waals surface area contributed by atoms with Gasteiger partial charge in [0.15, 0.2) is 0 Å². The zero-order valence-electron chi connectivity index (χ0n) is 13.0. The number of hydrogen-bond acceptors (Lipinski definition) is 3. The van der Waals surface area contributed by atoms with Crippen LogP contribution in [0.4, 0.5) is 0 Å². The smallest absolute Gasteiger partial charge is 0.335 e. The average Bonchev–Trinajstić information content (AvgIpc) is 3.05. The Hall–Kier alpha value is -2.46. The van der Waals surface area contributed by atoms with Gasteiger partial charge in [-0.2, -0.15) is 0 Å². The molecular weight excluding hydrogens is 306 g/mol. The van der Waals surface area contributed by atoms with Crippen LogP contribution in [0, 0.1) is 0 Å². The number of benzene rings is 2. The van der Waals surface area contributed by atoms with Gasteiger partial charge in [-0.15, -0.1) is 11.3 Å². The largest absolute Gasteiger partial charge is 0.478 e. The molecule has 0 unspecified atom stereocenters. The summed E-state index contributed by atoms with van der Waals surface area (Å²) in [7, 11) is 0. The van der Waals surface area contributed by atoms with Gasteiger partial charge in [0.1, 0.15) is 5.01 Å². The van der Waals surface area contributed by atoms with Crippen molar-refractivity contribution >= 4 is 17.3 Å². The van der Waals surface area contributed by atoms with Crippen LogP contribution in [0.1, 0.15) is 35.7 Å². The number of aromatic nitrogens is 1. The predicted molar refractivity (Wildman–Crippen MR) is 94.0 cm³/mol. The highest BCUT2D eigenvalue weighted by Gasteiger charge is 2.09. The van der Waals surface area contributed by atoms with Gasteiger partial charge >= 0.3 is 5.97 Å². The van der Waals surface area contributed by atoms with Crippen molar-refractivity contribution in [2.45, 2.75) is 19.8 Å². The molecule has 1 aromatic heterocycles. The third-order valence-electron chi connectivity index (χ3n) is 3.73. The minimum atomic E-state index is -0.924. The second kappa shape index (κ2) is 6.34. The maximum atomic E-state index is 11.1. The molecule has 0 aliphatic carbocycles. The average molecular weight is 323 g/mol. The first kappa shape index (κ1) is 15.4. The van der Waals surface area contributed by atoms with E-state index in [0.717, 1.165) is 21.8 Å². The van der Waals surface area contributed by atoms with Gasteiger partial charge in [-0.1, -0.05) is 50.2 Å². The monoisotopic (exact) mass is 323 g/mol. The van der Waals surface area contributed by atoms with Gasteiger partial charge in [0, 0.05) is 16.5 Å². The van der Waals surface area contributed by atoms with E-state index in [2.05, 4.69) is 43.1 Å². The lowest BCUT2D eigenvalue weighted by Crippen LogP contribution is -1.95. The first-order valence-corrected chi connectivity index (χ1v) is 8.32. The Balaban J connectivity index is 1.91. The third kappa shape index (κ3) is 3.32. The van der Waals surface area contributed by atoms with Crippen LogP contribution in [-0.4, -0.2) is 16.1 Å². The number of hydrogen-bond donors (Lipinski definition) is 1. The lowest BCUT2D eigenvalue weighted by Gasteiger charge is -2.05. The van der Waals surface area contributed by atoms with Crippen molar-refractivity contribution in [1.82, 2.24) is 4.98 Å². The molecule has 0 saturated heterocycles. The summed E-state index contributed by atoms with van der Waals surface area (Å²) in [6, 6.07) is 15.3. The van der Waals surface area contributed by atoms with E-state index in [1.165, 1.54) is 5.56 Å². The van der Waals surface area contributed by atoms with Crippen LogP contribution in [0.5, 0.6) is 0 Å². The Labute approximate surface area is 139 Å². The highest BCUT2D eigenvalue weighted by Crippen LogP contribution is 2.30. The molecule has 0 bridgehead atoms. The van der Waals surface area contributed by atoms with E-state index in [1.807, 2.05) is 11.4 Å². The first-order valence-electron chi connectivity index (χ1n) is 7.44. The highest BCUT2D eigenvalue weighted by atomic mass is 32.1. The highest BCUT2D eigenvalue weighted by molar-refractivity contribution is 7.13. The molecule has 0 spiro atoms. The SMILES string of the molecule is CC(C)c1ccc(-c2nc(-c3cccc(C(=O)O)c3)cs2)cc1. The molecule has 0 radical (unpaired) electrons. The second-order valence-electron chi connectivity index (χ2n) is 5.70. The summed E-state index contributed by atoms with van der Waals surface area (Å²) in [6.45, 7) is 4.35. The van der Waals surface area contributed by atoms with E-state index >= 15 is 0 Å². The number of carboxylic acids is 1. The van der Waals surface area contributed by atoms with Gasteiger partial charge in [0.05, 0.1) is 11.3 Å². The fourth-order valence-electron chi connectivity index (χ4n) is 2.36. The number of carbonyl (C=O) groups is 1. The molecule has 3 nitrogen and oxygen atoms in total. The fourth-order valence-corrected chi connectivity index (χ4v) is 3.20. The molecule has 23 heavy (non-hydrogen) atoms. The summed E-state index contributed by atoms with van der Waals surface area (Å²) >= 11 is 1.57. The van der Waals surface area contributed by atoms with Crippen LogP contribution in [0.25, 0.3) is 21.8 Å². The molecule has 3 rings (SSSR count). The summed E-state index contributed by atoms with van der Waals surface area (Å²) in [4.78, 5) is 15.7. The number of rotatable bonds is 4. The summed E-state index contributed by atoms with van der Waals surface area (Å²) < 4.78 is 0. The summed E-state index contributed by atoms with van der Waals surface area (Å²) in [6.07, 6.45) is 0. The van der Waals surface area contributed by atoms with Crippen molar-refractivity contribution in [3.8, 4) is 21.8 Å². The molecule has 2 aromatic carbocycles. The lowest BCUT2D eigenvalue weighted by atomic mass is 10.0. The Morgan fingerprint density at radius 1 is 1.09 bits per heavy atom. The van der Waals surface area contributed by atoms with Gasteiger partial charge < -0.3 is 5.11 Å². The van der Waals surface area contributed by atoms with Crippen molar-refractivity contribution < 1.29 is 9.90 Å². The maximum Gasteiger partial charge on any atom is 0.335 e. The molecule has 1 heterocycles. The molecular formula is C19H17NO2S. The van der Waals surface area contributed by atoms with Gasteiger partial charge in [0.25, 0.3) is 0 Å². The summed E-state index contributed by atoms with van der Waals surface area (Å²) in [5.74, 6) is -0.416. The second-order valence-corrected chi connectivity index (χ2v) is 6.56. The molecule has 3 aromatic rings. The van der Waals surface area contributed by atoms with E-state index in [-0.39, 0.29) is 5.56 Å². The maximum absolute atomic E-state index is 11.1. The Kier molecular flexibility index (Phi) is 4.26. The number of carboxylic acid groups (broad SMARTS) is 1. The van der Waals surface area contributed by atoms with Crippen molar-refractivity contribution in [2.75, 3.05) is 0 Å². The Morgan fingerprint density at radius 3 is 2.48 bits per heavy atom. The number of aromatic carboxylic acids is 1. The minimum Gasteiger partial charge on any atom is -0.478 e. The predicted octanol–water partition coefficient (Wildman–Crippen LogP) is 5.30. The van der Waals surface area contributed by atoms with Crippen LogP contribution in [-0.2, 0) is 0 Å². The number of nitrogens with zero attached hydrogens (tertiary/aromatic N) is 1. The molecule has 1 N–H and O–H groups in total. The van der Waals surface area contributed by atoms with Crippen molar-refractivity contribution in [1.29, 1.82) is 0 Å². The van der Waals surface area contributed by atoms with Gasteiger partial charge in [0.2, 0.25) is 0 Å². The summed E-state index contributed by atoms with van der Waals surface area (Å²) in [5, 5.41) is 12.0. The Morgan fingerprint density at radius 2 is 1.83 bits per heavy atom. The van der Waals surface area contributed by atoms with Crippen molar-refractivity contribution in [3.63, 3.8) is 0 Å². The zero-order chi connectivity index (χ0) is 16.4. The van der Waals surface area contributed by atoms with Crippen LogP contribution >= 0.6 is 11.3 Å². The zero-order valence-corrected chi connectivity index (χ0v) is 13.8. The summed E-state index contributed by atoms with van der Waals surface area (Å²) in [5.41, 5.74) is 4.30. The van der Waals surface area contributed by atoms with E-state index < -0.39 is 5.97 Å². The normalized spacial score (nSPS) is 10.9. The Bertz CT molecular complexity index is 835. The van der Waals surface area contributed by atoms with Crippen molar-refractivity contribution in [2.24, 2.45) is 0 Å². The standard InChI is InChI=1S/C19H17NO2S/c1-12(2)13-6-8-14(9-7-13)18-20-17(11-23-18)15-4-3-5-16(10-15)19(21)22/h3-12H,1-2H3,(H,21,22). The minimum absolute atomic E-state index is 0.276. The fraction of sp³-hybridized carbons (Fsp3) is 0.158. The van der Waals surface area contributed by atoms with Crippen molar-refractivity contribution in [3.05, 3.63) is 65.0 Å². The lowest BCUT2D eigenvalue weighted by molar-refractivity contribution is 0.0697. The van der Waals surface area contributed by atoms with Crippen LogP contribution in [0.15, 0.2) is 53.9 Å². The molecule has 0 fully saturated rings. The van der Waals surface area contributed by atoms with E-state index in [9.17, 15) is 4.79 Å². The first-order chi connectivity index (χ1) is 11.0.